The number of hydrogen-bond donors (Lipinski definition) is 2. The summed E-state index contributed by atoms with van der Waals surface area (Å²) in [5.74, 6) is -0.917. The van der Waals surface area contributed by atoms with E-state index in [0.717, 1.165) is 25.9 Å². The Bertz CT molecular complexity index is 379. The highest BCUT2D eigenvalue weighted by molar-refractivity contribution is 7.17. The highest BCUT2D eigenvalue weighted by atomic mass is 32.1. The lowest BCUT2D eigenvalue weighted by atomic mass is 10.2. The number of nitrogens with zero attached hydrogens (tertiary/aromatic N) is 2. The van der Waals surface area contributed by atoms with E-state index < -0.39 is 5.97 Å². The van der Waals surface area contributed by atoms with E-state index in [1.165, 1.54) is 17.5 Å². The van der Waals surface area contributed by atoms with Crippen molar-refractivity contribution in [1.82, 2.24) is 9.88 Å². The SMILES string of the molecule is CC(C)N(C)CCCCNc1ncc(C(=O)O)s1. The van der Waals surface area contributed by atoms with Gasteiger partial charge >= 0.3 is 5.97 Å². The second-order valence-electron chi connectivity index (χ2n) is 4.54. The number of aromatic carboxylic acids is 1. The third-order valence-corrected chi connectivity index (χ3v) is 3.75. The first-order valence-corrected chi connectivity index (χ1v) is 6.95. The molecule has 18 heavy (non-hydrogen) atoms. The minimum atomic E-state index is -0.917. The molecule has 0 unspecified atom stereocenters. The molecule has 0 aliphatic heterocycles. The van der Waals surface area contributed by atoms with Crippen LogP contribution >= 0.6 is 11.3 Å². The quantitative estimate of drug-likeness (QED) is 0.711. The molecule has 0 bridgehead atoms. The van der Waals surface area contributed by atoms with Crippen LogP contribution in [-0.2, 0) is 0 Å². The highest BCUT2D eigenvalue weighted by Gasteiger charge is 2.07. The van der Waals surface area contributed by atoms with Gasteiger partial charge in [-0.2, -0.15) is 0 Å². The molecule has 0 atom stereocenters. The summed E-state index contributed by atoms with van der Waals surface area (Å²) in [4.78, 5) is 17.3. The van der Waals surface area contributed by atoms with Crippen molar-refractivity contribution in [3.63, 3.8) is 0 Å². The van der Waals surface area contributed by atoms with Crippen molar-refractivity contribution in [1.29, 1.82) is 0 Å². The van der Waals surface area contributed by atoms with Crippen LogP contribution in [-0.4, -0.2) is 47.1 Å². The summed E-state index contributed by atoms with van der Waals surface area (Å²) in [5, 5.41) is 12.6. The molecule has 5 nitrogen and oxygen atoms in total. The van der Waals surface area contributed by atoms with Crippen LogP contribution in [0.4, 0.5) is 5.13 Å². The average molecular weight is 271 g/mol. The molecule has 0 saturated carbocycles. The van der Waals surface area contributed by atoms with Crippen molar-refractivity contribution in [2.45, 2.75) is 32.7 Å². The third kappa shape index (κ3) is 5.01. The fourth-order valence-electron chi connectivity index (χ4n) is 1.39. The van der Waals surface area contributed by atoms with Crippen LogP contribution in [0.25, 0.3) is 0 Å². The van der Waals surface area contributed by atoms with E-state index in [1.54, 1.807) is 0 Å². The first-order chi connectivity index (χ1) is 8.50. The second kappa shape index (κ2) is 7.33. The van der Waals surface area contributed by atoms with E-state index in [2.05, 4.69) is 36.1 Å². The van der Waals surface area contributed by atoms with Crippen molar-refractivity contribution >= 4 is 22.4 Å². The smallest absolute Gasteiger partial charge is 0.347 e. The van der Waals surface area contributed by atoms with Crippen molar-refractivity contribution in [2.75, 3.05) is 25.5 Å². The van der Waals surface area contributed by atoms with Crippen LogP contribution in [0, 0.1) is 0 Å². The van der Waals surface area contributed by atoms with Gasteiger partial charge in [0.25, 0.3) is 0 Å². The lowest BCUT2D eigenvalue weighted by molar-refractivity contribution is 0.0702. The molecule has 0 spiro atoms. The van der Waals surface area contributed by atoms with Crippen molar-refractivity contribution in [3.8, 4) is 0 Å². The van der Waals surface area contributed by atoms with Gasteiger partial charge in [0, 0.05) is 12.6 Å². The molecule has 2 N–H and O–H groups in total. The molecule has 1 rings (SSSR count). The minimum Gasteiger partial charge on any atom is -0.477 e. The van der Waals surface area contributed by atoms with Gasteiger partial charge in [0.05, 0.1) is 6.20 Å². The van der Waals surface area contributed by atoms with Gasteiger partial charge in [-0.3, -0.25) is 0 Å². The number of thiazole rings is 1. The molecular formula is C12H21N3O2S. The molecule has 1 aromatic heterocycles. The summed E-state index contributed by atoms with van der Waals surface area (Å²) in [7, 11) is 2.12. The zero-order valence-corrected chi connectivity index (χ0v) is 12.0. The van der Waals surface area contributed by atoms with Crippen molar-refractivity contribution in [2.24, 2.45) is 0 Å². The first kappa shape index (κ1) is 14.9. The number of anilines is 1. The van der Waals surface area contributed by atoms with Gasteiger partial charge in [-0.15, -0.1) is 0 Å². The van der Waals surface area contributed by atoms with Crippen molar-refractivity contribution < 1.29 is 9.90 Å². The number of unbranched alkanes of at least 4 members (excludes halogenated alkanes) is 1. The summed E-state index contributed by atoms with van der Waals surface area (Å²) in [5.41, 5.74) is 0. The predicted octanol–water partition coefficient (Wildman–Crippen LogP) is 2.37. The van der Waals surface area contributed by atoms with Crippen LogP contribution in [0.1, 0.15) is 36.4 Å². The Morgan fingerprint density at radius 2 is 2.28 bits per heavy atom. The maximum Gasteiger partial charge on any atom is 0.347 e. The van der Waals surface area contributed by atoms with Crippen LogP contribution in [0.15, 0.2) is 6.20 Å². The minimum absolute atomic E-state index is 0.275. The normalized spacial score (nSPS) is 11.2. The number of carboxylic acid groups (broad SMARTS) is 1. The zero-order valence-electron chi connectivity index (χ0n) is 11.1. The van der Waals surface area contributed by atoms with Crippen LogP contribution in [0.5, 0.6) is 0 Å². The monoisotopic (exact) mass is 271 g/mol. The zero-order chi connectivity index (χ0) is 13.5. The predicted molar refractivity (Wildman–Crippen MR) is 74.6 cm³/mol. The van der Waals surface area contributed by atoms with Crippen LogP contribution in [0.3, 0.4) is 0 Å². The number of carboxylic acids is 1. The van der Waals surface area contributed by atoms with Gasteiger partial charge in [0.1, 0.15) is 4.88 Å². The number of nitrogens with one attached hydrogen (secondary N) is 1. The molecule has 0 aliphatic carbocycles. The molecule has 0 amide bonds. The van der Waals surface area contributed by atoms with Gasteiger partial charge in [-0.1, -0.05) is 11.3 Å². The molecule has 0 saturated heterocycles. The number of hydrogen-bond acceptors (Lipinski definition) is 5. The van der Waals surface area contributed by atoms with Gasteiger partial charge < -0.3 is 15.3 Å². The van der Waals surface area contributed by atoms with Gasteiger partial charge in [0.15, 0.2) is 5.13 Å². The lowest BCUT2D eigenvalue weighted by Gasteiger charge is -2.20. The van der Waals surface area contributed by atoms with Crippen LogP contribution in [0.2, 0.25) is 0 Å². The largest absolute Gasteiger partial charge is 0.477 e. The summed E-state index contributed by atoms with van der Waals surface area (Å²) in [6, 6.07) is 0.579. The average Bonchev–Trinajstić information content (AvgIpc) is 2.77. The second-order valence-corrected chi connectivity index (χ2v) is 5.57. The van der Waals surface area contributed by atoms with E-state index in [0.29, 0.717) is 11.2 Å². The fraction of sp³-hybridized carbons (Fsp3) is 0.667. The maximum absolute atomic E-state index is 10.7. The number of aromatic nitrogens is 1. The van der Waals surface area contributed by atoms with E-state index >= 15 is 0 Å². The Morgan fingerprint density at radius 1 is 1.56 bits per heavy atom. The van der Waals surface area contributed by atoms with E-state index in [1.807, 2.05) is 0 Å². The topological polar surface area (TPSA) is 65.5 Å². The molecule has 1 heterocycles. The molecule has 0 radical (unpaired) electrons. The van der Waals surface area contributed by atoms with Gasteiger partial charge in [-0.05, 0) is 40.3 Å². The molecule has 0 aromatic carbocycles. The Balaban J connectivity index is 2.16. The van der Waals surface area contributed by atoms with E-state index in [9.17, 15) is 4.79 Å². The molecule has 0 aliphatic rings. The highest BCUT2D eigenvalue weighted by Crippen LogP contribution is 2.17. The molecule has 1 aromatic rings. The molecule has 6 heteroatoms. The van der Waals surface area contributed by atoms with E-state index in [4.69, 9.17) is 5.11 Å². The molecular weight excluding hydrogens is 250 g/mol. The summed E-state index contributed by atoms with van der Waals surface area (Å²) < 4.78 is 0. The Hall–Kier alpha value is -1.14. The Morgan fingerprint density at radius 3 is 2.83 bits per heavy atom. The third-order valence-electron chi connectivity index (χ3n) is 2.81. The molecule has 0 fully saturated rings. The van der Waals surface area contributed by atoms with E-state index in [-0.39, 0.29) is 4.88 Å². The maximum atomic E-state index is 10.7. The summed E-state index contributed by atoms with van der Waals surface area (Å²) in [6.45, 7) is 6.28. The Labute approximate surface area is 112 Å². The fourth-order valence-corrected chi connectivity index (χ4v) is 2.08. The van der Waals surface area contributed by atoms with Crippen molar-refractivity contribution in [3.05, 3.63) is 11.1 Å². The number of rotatable bonds is 8. The summed E-state index contributed by atoms with van der Waals surface area (Å²) >= 11 is 1.18. The lowest BCUT2D eigenvalue weighted by Crippen LogP contribution is -2.27. The van der Waals surface area contributed by atoms with Gasteiger partial charge in [0.2, 0.25) is 0 Å². The molecule has 102 valence electrons. The van der Waals surface area contributed by atoms with Gasteiger partial charge in [-0.25, -0.2) is 9.78 Å². The summed E-state index contributed by atoms with van der Waals surface area (Å²) in [6.07, 6.45) is 3.57. The Kier molecular flexibility index (Phi) is 6.07. The van der Waals surface area contributed by atoms with Crippen LogP contribution < -0.4 is 5.32 Å². The first-order valence-electron chi connectivity index (χ1n) is 6.14. The number of carbonyl (C=O) groups is 1. The standard InChI is InChI=1S/C12H21N3O2S/c1-9(2)15(3)7-5-4-6-13-12-14-8-10(18-12)11(16)17/h8-9H,4-7H2,1-3H3,(H,13,14)(H,16,17).